The number of fused-ring (bicyclic) bond motifs is 1. The lowest BCUT2D eigenvalue weighted by molar-refractivity contribution is 0.598. The maximum Gasteiger partial charge on any atom is 0.198 e. The van der Waals surface area contributed by atoms with Gasteiger partial charge in [0.15, 0.2) is 32.8 Å². The Bertz CT molecular complexity index is 886. The molecule has 3 rings (SSSR count). The molecule has 10 heteroatoms. The minimum Gasteiger partial charge on any atom is -0.296 e. The maximum absolute atomic E-state index is 12.4. The number of aromatic nitrogens is 5. The van der Waals surface area contributed by atoms with E-state index in [1.54, 1.807) is 10.6 Å². The first-order valence-electron chi connectivity index (χ1n) is 5.37. The van der Waals surface area contributed by atoms with Crippen LogP contribution in [0.3, 0.4) is 0 Å². The van der Waals surface area contributed by atoms with Crippen LogP contribution in [0.25, 0.3) is 16.9 Å². The van der Waals surface area contributed by atoms with E-state index in [1.807, 2.05) is 0 Å². The Morgan fingerprint density at radius 1 is 1.30 bits per heavy atom. The molecule has 0 aliphatic heterocycles. The molecule has 0 aromatic carbocycles. The second-order valence-corrected chi connectivity index (χ2v) is 6.49. The van der Waals surface area contributed by atoms with Crippen LogP contribution in [0.5, 0.6) is 0 Å². The van der Waals surface area contributed by atoms with Gasteiger partial charge in [-0.25, -0.2) is 18.4 Å². The highest BCUT2D eigenvalue weighted by atomic mass is 32.2. The van der Waals surface area contributed by atoms with Gasteiger partial charge in [-0.2, -0.15) is 9.19 Å². The van der Waals surface area contributed by atoms with Crippen LogP contribution in [0.15, 0.2) is 36.0 Å². The molecule has 3 aromatic rings. The molecule has 3 heterocycles. The summed E-state index contributed by atoms with van der Waals surface area (Å²) in [6.45, 7) is 0. The van der Waals surface area contributed by atoms with Crippen LogP contribution in [0.2, 0.25) is 0 Å². The summed E-state index contributed by atoms with van der Waals surface area (Å²) in [5.74, 6) is 0. The number of halogens is 1. The van der Waals surface area contributed by atoms with E-state index in [2.05, 4.69) is 15.1 Å². The molecule has 0 saturated heterocycles. The molecule has 0 N–H and O–H groups in total. The first-order valence-corrected chi connectivity index (χ1v) is 7.93. The van der Waals surface area contributed by atoms with Crippen LogP contribution >= 0.6 is 12.3 Å². The summed E-state index contributed by atoms with van der Waals surface area (Å²) >= 11 is -0.0326. The standard InChI is InChI=1S/C10H8FN5O2S2/c1-20(17,18)10-9-13-5-8(15(9)3-2-12-10)7-4-14-16(6-7)19-11/h2-6H,1H3. The lowest BCUT2D eigenvalue weighted by Crippen LogP contribution is -2.04. The first kappa shape index (κ1) is 13.1. The fraction of sp³-hybridized carbons (Fsp3) is 0.100. The number of hydrogen-bond donors (Lipinski definition) is 0. The minimum absolute atomic E-state index is 0.0326. The van der Waals surface area contributed by atoms with Crippen LogP contribution in [0.1, 0.15) is 0 Å². The van der Waals surface area contributed by atoms with E-state index in [0.29, 0.717) is 11.3 Å². The molecule has 3 aromatic heterocycles. The normalized spacial score (nSPS) is 12.1. The Hall–Kier alpha value is -1.94. The van der Waals surface area contributed by atoms with Gasteiger partial charge in [0.2, 0.25) is 0 Å². The summed E-state index contributed by atoms with van der Waals surface area (Å²) < 4.78 is 38.4. The van der Waals surface area contributed by atoms with E-state index in [-0.39, 0.29) is 23.0 Å². The Kier molecular flexibility index (Phi) is 2.98. The monoisotopic (exact) mass is 313 g/mol. The summed E-state index contributed by atoms with van der Waals surface area (Å²) in [7, 11) is -3.48. The highest BCUT2D eigenvalue weighted by molar-refractivity contribution is 7.92. The quantitative estimate of drug-likeness (QED) is 0.726. The summed E-state index contributed by atoms with van der Waals surface area (Å²) in [5, 5.41) is 3.70. The zero-order valence-corrected chi connectivity index (χ0v) is 11.8. The van der Waals surface area contributed by atoms with Crippen molar-refractivity contribution in [3.05, 3.63) is 31.0 Å². The lowest BCUT2D eigenvalue weighted by Gasteiger charge is -2.01. The molecule has 0 fully saturated rings. The highest BCUT2D eigenvalue weighted by Gasteiger charge is 2.18. The van der Waals surface area contributed by atoms with Gasteiger partial charge in [-0.15, -0.1) is 3.89 Å². The van der Waals surface area contributed by atoms with Crippen molar-refractivity contribution in [1.82, 2.24) is 23.6 Å². The van der Waals surface area contributed by atoms with E-state index in [4.69, 9.17) is 0 Å². The third-order valence-corrected chi connectivity index (χ3v) is 4.01. The molecule has 7 nitrogen and oxygen atoms in total. The maximum atomic E-state index is 12.4. The van der Waals surface area contributed by atoms with Gasteiger partial charge in [-0.3, -0.25) is 4.40 Å². The molecular formula is C10H8FN5O2S2. The number of rotatable bonds is 3. The lowest BCUT2D eigenvalue weighted by atomic mass is 10.3. The molecule has 0 aliphatic carbocycles. The molecular weight excluding hydrogens is 305 g/mol. The Morgan fingerprint density at radius 3 is 2.75 bits per heavy atom. The number of sulfone groups is 1. The van der Waals surface area contributed by atoms with Gasteiger partial charge in [0.25, 0.3) is 0 Å². The zero-order valence-electron chi connectivity index (χ0n) is 10.1. The Morgan fingerprint density at radius 2 is 2.10 bits per heavy atom. The van der Waals surface area contributed by atoms with Crippen molar-refractivity contribution in [3.63, 3.8) is 0 Å². The third kappa shape index (κ3) is 2.06. The molecule has 0 aliphatic rings. The Labute approximate surface area is 117 Å². The van der Waals surface area contributed by atoms with Crippen LogP contribution in [-0.4, -0.2) is 38.2 Å². The third-order valence-electron chi connectivity index (χ3n) is 2.67. The fourth-order valence-electron chi connectivity index (χ4n) is 1.85. The van der Waals surface area contributed by atoms with Crippen molar-refractivity contribution in [2.24, 2.45) is 0 Å². The van der Waals surface area contributed by atoms with Crippen molar-refractivity contribution in [2.45, 2.75) is 5.03 Å². The number of imidazole rings is 1. The van der Waals surface area contributed by atoms with Crippen molar-refractivity contribution < 1.29 is 12.3 Å². The van der Waals surface area contributed by atoms with Gasteiger partial charge in [-0.05, 0) is 0 Å². The summed E-state index contributed by atoms with van der Waals surface area (Å²) in [4.78, 5) is 7.93. The molecule has 0 spiro atoms. The molecule has 0 unspecified atom stereocenters. The predicted molar refractivity (Wildman–Crippen MR) is 71.4 cm³/mol. The average Bonchev–Trinajstić information content (AvgIpc) is 3.02. The van der Waals surface area contributed by atoms with E-state index < -0.39 is 9.84 Å². The van der Waals surface area contributed by atoms with E-state index in [1.165, 1.54) is 24.8 Å². The molecule has 0 saturated carbocycles. The molecule has 0 radical (unpaired) electrons. The van der Waals surface area contributed by atoms with E-state index in [0.717, 1.165) is 10.3 Å². The second kappa shape index (κ2) is 4.56. The van der Waals surface area contributed by atoms with Crippen LogP contribution in [0, 0.1) is 0 Å². The second-order valence-electron chi connectivity index (χ2n) is 4.04. The molecule has 0 amide bonds. The van der Waals surface area contributed by atoms with Gasteiger partial charge in [0, 0.05) is 30.4 Å². The smallest absolute Gasteiger partial charge is 0.198 e. The minimum atomic E-state index is -3.48. The van der Waals surface area contributed by atoms with E-state index >= 15 is 0 Å². The Balaban J connectivity index is 2.25. The van der Waals surface area contributed by atoms with Gasteiger partial charge in [-0.1, -0.05) is 0 Å². The van der Waals surface area contributed by atoms with Gasteiger partial charge >= 0.3 is 0 Å². The largest absolute Gasteiger partial charge is 0.296 e. The molecule has 0 atom stereocenters. The van der Waals surface area contributed by atoms with Crippen molar-refractivity contribution in [1.29, 1.82) is 0 Å². The zero-order chi connectivity index (χ0) is 14.3. The average molecular weight is 313 g/mol. The number of hydrogen-bond acceptors (Lipinski definition) is 6. The molecule has 20 heavy (non-hydrogen) atoms. The predicted octanol–water partition coefficient (Wildman–Crippen LogP) is 1.38. The summed E-state index contributed by atoms with van der Waals surface area (Å²) in [6.07, 6.45) is 8.48. The molecule has 104 valence electrons. The van der Waals surface area contributed by atoms with Crippen LogP contribution in [-0.2, 0) is 9.84 Å². The van der Waals surface area contributed by atoms with Crippen molar-refractivity contribution in [3.8, 4) is 11.3 Å². The van der Waals surface area contributed by atoms with Gasteiger partial charge < -0.3 is 0 Å². The fourth-order valence-corrected chi connectivity index (χ4v) is 2.82. The number of nitrogens with zero attached hydrogens (tertiary/aromatic N) is 5. The van der Waals surface area contributed by atoms with Gasteiger partial charge in [0.05, 0.1) is 18.1 Å². The first-order chi connectivity index (χ1) is 9.50. The van der Waals surface area contributed by atoms with Crippen LogP contribution in [0.4, 0.5) is 3.89 Å². The highest BCUT2D eigenvalue weighted by Crippen LogP contribution is 2.23. The van der Waals surface area contributed by atoms with E-state index in [9.17, 15) is 12.3 Å². The molecule has 0 bridgehead atoms. The summed E-state index contributed by atoms with van der Waals surface area (Å²) in [6, 6.07) is 0. The SMILES string of the molecule is CS(=O)(=O)c1nccn2c(-c3cnn(SF)c3)cnc12. The topological polar surface area (TPSA) is 82.1 Å². The van der Waals surface area contributed by atoms with Crippen molar-refractivity contribution in [2.75, 3.05) is 6.26 Å². The van der Waals surface area contributed by atoms with Gasteiger partial charge in [0.1, 0.15) is 0 Å². The van der Waals surface area contributed by atoms with Crippen LogP contribution < -0.4 is 0 Å². The van der Waals surface area contributed by atoms with Crippen molar-refractivity contribution >= 4 is 27.8 Å². The summed E-state index contributed by atoms with van der Waals surface area (Å²) in [5.41, 5.74) is 1.45.